The SMILES string of the molecule is NC(=O)c1ccc(CN2CCNCC2=O)c(Cl)c1. The molecule has 6 heteroatoms. The van der Waals surface area contributed by atoms with Gasteiger partial charge in [0.25, 0.3) is 0 Å². The van der Waals surface area contributed by atoms with Crippen molar-refractivity contribution in [2.24, 2.45) is 5.73 Å². The van der Waals surface area contributed by atoms with Crippen LogP contribution in [0.2, 0.25) is 5.02 Å². The quantitative estimate of drug-likeness (QED) is 0.831. The summed E-state index contributed by atoms with van der Waals surface area (Å²) < 4.78 is 0. The second-order valence-corrected chi connectivity index (χ2v) is 4.57. The molecule has 0 radical (unpaired) electrons. The lowest BCUT2D eigenvalue weighted by atomic mass is 10.1. The van der Waals surface area contributed by atoms with Crippen LogP contribution in [0, 0.1) is 0 Å². The first kappa shape index (κ1) is 12.9. The molecule has 0 aromatic heterocycles. The molecule has 1 heterocycles. The maximum atomic E-state index is 11.6. The number of benzene rings is 1. The molecule has 1 aromatic rings. The lowest BCUT2D eigenvalue weighted by Gasteiger charge is -2.27. The molecule has 5 nitrogen and oxygen atoms in total. The predicted molar refractivity (Wildman–Crippen MR) is 68.3 cm³/mol. The summed E-state index contributed by atoms with van der Waals surface area (Å²) in [7, 11) is 0. The van der Waals surface area contributed by atoms with E-state index < -0.39 is 5.91 Å². The van der Waals surface area contributed by atoms with Crippen molar-refractivity contribution in [3.8, 4) is 0 Å². The summed E-state index contributed by atoms with van der Waals surface area (Å²) >= 11 is 6.08. The molecule has 0 atom stereocenters. The Kier molecular flexibility index (Phi) is 3.84. The number of piperazine rings is 1. The number of nitrogens with zero attached hydrogens (tertiary/aromatic N) is 1. The van der Waals surface area contributed by atoms with Crippen molar-refractivity contribution in [3.05, 3.63) is 34.3 Å². The first-order valence-corrected chi connectivity index (χ1v) is 6.02. The van der Waals surface area contributed by atoms with E-state index in [1.165, 1.54) is 6.07 Å². The van der Waals surface area contributed by atoms with Gasteiger partial charge in [-0.25, -0.2) is 0 Å². The first-order chi connectivity index (χ1) is 8.58. The Bertz CT molecular complexity index is 490. The highest BCUT2D eigenvalue weighted by Gasteiger charge is 2.18. The number of hydrogen-bond acceptors (Lipinski definition) is 3. The molecule has 0 unspecified atom stereocenters. The Labute approximate surface area is 110 Å². The zero-order chi connectivity index (χ0) is 13.1. The van der Waals surface area contributed by atoms with E-state index in [1.807, 2.05) is 0 Å². The van der Waals surface area contributed by atoms with E-state index in [2.05, 4.69) is 5.32 Å². The standard InChI is InChI=1S/C12H14ClN3O2/c13-10-5-8(12(14)18)1-2-9(10)7-16-4-3-15-6-11(16)17/h1-2,5,15H,3-4,6-7H2,(H2,14,18). The smallest absolute Gasteiger partial charge is 0.248 e. The van der Waals surface area contributed by atoms with Crippen LogP contribution in [0.25, 0.3) is 0 Å². The molecule has 1 saturated heterocycles. The summed E-state index contributed by atoms with van der Waals surface area (Å²) in [4.78, 5) is 24.4. The molecular weight excluding hydrogens is 254 g/mol. The van der Waals surface area contributed by atoms with Gasteiger partial charge in [-0.15, -0.1) is 0 Å². The maximum Gasteiger partial charge on any atom is 0.248 e. The van der Waals surface area contributed by atoms with E-state index in [-0.39, 0.29) is 5.91 Å². The van der Waals surface area contributed by atoms with Gasteiger partial charge in [0.15, 0.2) is 0 Å². The van der Waals surface area contributed by atoms with E-state index >= 15 is 0 Å². The summed E-state index contributed by atoms with van der Waals surface area (Å²) in [5, 5.41) is 3.46. The van der Waals surface area contributed by atoms with E-state index in [1.54, 1.807) is 17.0 Å². The molecule has 1 aliphatic heterocycles. The van der Waals surface area contributed by atoms with Crippen molar-refractivity contribution in [1.29, 1.82) is 0 Å². The number of nitrogens with two attached hydrogens (primary N) is 1. The number of amides is 2. The Morgan fingerprint density at radius 3 is 2.89 bits per heavy atom. The second-order valence-electron chi connectivity index (χ2n) is 4.16. The van der Waals surface area contributed by atoms with Gasteiger partial charge in [-0.2, -0.15) is 0 Å². The second kappa shape index (κ2) is 5.37. The predicted octanol–water partition coefficient (Wildman–Crippen LogP) is 0.371. The van der Waals surface area contributed by atoms with Crippen molar-refractivity contribution in [2.45, 2.75) is 6.54 Å². The Balaban J connectivity index is 2.14. The summed E-state index contributed by atoms with van der Waals surface area (Å²) in [5.74, 6) is -0.460. The van der Waals surface area contributed by atoms with Gasteiger partial charge in [-0.1, -0.05) is 17.7 Å². The Hall–Kier alpha value is -1.59. The van der Waals surface area contributed by atoms with E-state index in [4.69, 9.17) is 17.3 Å². The molecule has 0 aliphatic carbocycles. The van der Waals surface area contributed by atoms with Crippen molar-refractivity contribution >= 4 is 23.4 Å². The van der Waals surface area contributed by atoms with Crippen LogP contribution >= 0.6 is 11.6 Å². The molecule has 18 heavy (non-hydrogen) atoms. The highest BCUT2D eigenvalue weighted by molar-refractivity contribution is 6.31. The summed E-state index contributed by atoms with van der Waals surface area (Å²) in [6.07, 6.45) is 0. The average Bonchev–Trinajstić information content (AvgIpc) is 2.34. The van der Waals surface area contributed by atoms with Crippen molar-refractivity contribution in [1.82, 2.24) is 10.2 Å². The minimum atomic E-state index is -0.512. The fourth-order valence-electron chi connectivity index (χ4n) is 1.85. The molecule has 1 fully saturated rings. The van der Waals surface area contributed by atoms with Crippen molar-refractivity contribution < 1.29 is 9.59 Å². The highest BCUT2D eigenvalue weighted by Crippen LogP contribution is 2.20. The monoisotopic (exact) mass is 267 g/mol. The Morgan fingerprint density at radius 2 is 2.28 bits per heavy atom. The minimum absolute atomic E-state index is 0.0521. The maximum absolute atomic E-state index is 11.6. The summed E-state index contributed by atoms with van der Waals surface area (Å²) in [6, 6.07) is 4.89. The molecule has 3 N–H and O–H groups in total. The van der Waals surface area contributed by atoms with E-state index in [9.17, 15) is 9.59 Å². The van der Waals surface area contributed by atoms with Crippen LogP contribution in [0.1, 0.15) is 15.9 Å². The molecular formula is C12H14ClN3O2. The van der Waals surface area contributed by atoms with Gasteiger partial charge in [0.1, 0.15) is 0 Å². The van der Waals surface area contributed by atoms with Gasteiger partial charge in [0.2, 0.25) is 11.8 Å². The largest absolute Gasteiger partial charge is 0.366 e. The fourth-order valence-corrected chi connectivity index (χ4v) is 2.09. The lowest BCUT2D eigenvalue weighted by Crippen LogP contribution is -2.47. The topological polar surface area (TPSA) is 75.4 Å². The average molecular weight is 268 g/mol. The van der Waals surface area contributed by atoms with Crippen molar-refractivity contribution in [2.75, 3.05) is 19.6 Å². The number of primary amides is 1. The van der Waals surface area contributed by atoms with E-state index in [0.717, 1.165) is 12.1 Å². The number of rotatable bonds is 3. The first-order valence-electron chi connectivity index (χ1n) is 5.64. The summed E-state index contributed by atoms with van der Waals surface area (Å²) in [6.45, 7) is 2.25. The third kappa shape index (κ3) is 2.80. The van der Waals surface area contributed by atoms with Gasteiger partial charge >= 0.3 is 0 Å². The van der Waals surface area contributed by atoms with Gasteiger partial charge < -0.3 is 16.0 Å². The van der Waals surface area contributed by atoms with Crippen molar-refractivity contribution in [3.63, 3.8) is 0 Å². The summed E-state index contributed by atoms with van der Waals surface area (Å²) in [5.41, 5.74) is 6.36. The number of nitrogens with one attached hydrogen (secondary N) is 1. The van der Waals surface area contributed by atoms with Gasteiger partial charge in [0.05, 0.1) is 6.54 Å². The van der Waals surface area contributed by atoms with Gasteiger partial charge in [-0.3, -0.25) is 9.59 Å². The molecule has 0 spiro atoms. The normalized spacial score (nSPS) is 15.8. The zero-order valence-corrected chi connectivity index (χ0v) is 10.5. The lowest BCUT2D eigenvalue weighted by molar-refractivity contribution is -0.132. The van der Waals surface area contributed by atoms with Crippen LogP contribution in [0.4, 0.5) is 0 Å². The zero-order valence-electron chi connectivity index (χ0n) is 9.78. The number of carbonyl (C=O) groups is 2. The van der Waals surface area contributed by atoms with Crippen LogP contribution in [-0.4, -0.2) is 36.3 Å². The number of carbonyl (C=O) groups excluding carboxylic acids is 2. The highest BCUT2D eigenvalue weighted by atomic mass is 35.5. The molecule has 0 saturated carbocycles. The number of halogens is 1. The number of hydrogen-bond donors (Lipinski definition) is 2. The fraction of sp³-hybridized carbons (Fsp3) is 0.333. The molecule has 2 amide bonds. The molecule has 2 rings (SSSR count). The van der Waals surface area contributed by atoms with Crippen LogP contribution in [-0.2, 0) is 11.3 Å². The van der Waals surface area contributed by atoms with Crippen LogP contribution in [0.15, 0.2) is 18.2 Å². The molecule has 0 bridgehead atoms. The van der Waals surface area contributed by atoms with Gasteiger partial charge in [0, 0.05) is 30.2 Å². The van der Waals surface area contributed by atoms with Gasteiger partial charge in [-0.05, 0) is 17.7 Å². The molecule has 1 aliphatic rings. The molecule has 1 aromatic carbocycles. The van der Waals surface area contributed by atoms with E-state index in [0.29, 0.717) is 30.2 Å². The minimum Gasteiger partial charge on any atom is -0.366 e. The van der Waals surface area contributed by atoms with Crippen LogP contribution in [0.5, 0.6) is 0 Å². The molecule has 96 valence electrons. The van der Waals surface area contributed by atoms with Crippen LogP contribution in [0.3, 0.4) is 0 Å². The third-order valence-corrected chi connectivity index (χ3v) is 3.24. The third-order valence-electron chi connectivity index (χ3n) is 2.89. The van der Waals surface area contributed by atoms with Crippen LogP contribution < -0.4 is 11.1 Å². The Morgan fingerprint density at radius 1 is 1.50 bits per heavy atom.